The molecule has 5 nitrogen and oxygen atoms in total. The van der Waals surface area contributed by atoms with Crippen molar-refractivity contribution in [2.75, 3.05) is 0 Å². The Labute approximate surface area is 169 Å². The molecule has 152 valence electrons. The lowest BCUT2D eigenvalue weighted by atomic mass is 10.1. The minimum atomic E-state index is -4.82. The minimum absolute atomic E-state index is 0.271. The van der Waals surface area contributed by atoms with Crippen molar-refractivity contribution in [3.8, 4) is 5.75 Å². The first kappa shape index (κ1) is 20.7. The van der Waals surface area contributed by atoms with Crippen LogP contribution in [0.3, 0.4) is 0 Å². The summed E-state index contributed by atoms with van der Waals surface area (Å²) in [6, 6.07) is 9.20. The van der Waals surface area contributed by atoms with Crippen molar-refractivity contribution in [3.05, 3.63) is 64.3 Å². The third-order valence-electron chi connectivity index (χ3n) is 4.24. The molecule has 3 aromatic rings. The number of carboxylic acids is 1. The molecule has 1 heterocycles. The van der Waals surface area contributed by atoms with E-state index in [1.165, 1.54) is 29.0 Å². The van der Waals surface area contributed by atoms with Crippen LogP contribution >= 0.6 is 11.6 Å². The average Bonchev–Trinajstić information content (AvgIpc) is 2.97. The molecule has 0 atom stereocenters. The predicted molar refractivity (Wildman–Crippen MR) is 103 cm³/mol. The van der Waals surface area contributed by atoms with Gasteiger partial charge in [0.1, 0.15) is 5.75 Å². The van der Waals surface area contributed by atoms with E-state index in [1.54, 1.807) is 6.07 Å². The number of nitrogens with zero attached hydrogens (tertiary/aromatic N) is 2. The van der Waals surface area contributed by atoms with Gasteiger partial charge in [-0.3, -0.25) is 4.68 Å². The lowest BCUT2D eigenvalue weighted by Gasteiger charge is -2.11. The Bertz CT molecular complexity index is 1090. The smallest absolute Gasteiger partial charge is 0.478 e. The first-order valence-corrected chi connectivity index (χ1v) is 8.98. The van der Waals surface area contributed by atoms with Crippen LogP contribution in [0.5, 0.6) is 5.75 Å². The van der Waals surface area contributed by atoms with Gasteiger partial charge < -0.3 is 9.84 Å². The number of carbonyl (C=O) groups is 1. The Balaban J connectivity index is 2.10. The van der Waals surface area contributed by atoms with Crippen LogP contribution in [-0.4, -0.2) is 27.2 Å². The first-order valence-electron chi connectivity index (χ1n) is 8.61. The van der Waals surface area contributed by atoms with Crippen LogP contribution < -0.4 is 4.74 Å². The van der Waals surface area contributed by atoms with Crippen molar-refractivity contribution in [2.45, 2.75) is 26.3 Å². The lowest BCUT2D eigenvalue weighted by molar-refractivity contribution is -0.274. The molecule has 0 aliphatic rings. The van der Waals surface area contributed by atoms with Gasteiger partial charge in [0.15, 0.2) is 0 Å². The second-order valence-corrected chi connectivity index (χ2v) is 6.64. The van der Waals surface area contributed by atoms with Gasteiger partial charge in [0.25, 0.3) is 0 Å². The number of alkyl halides is 3. The number of aromatic nitrogens is 2. The van der Waals surface area contributed by atoms with Crippen LogP contribution in [0.4, 0.5) is 13.2 Å². The molecule has 1 aromatic heterocycles. The number of hydrogen-bond acceptors (Lipinski definition) is 3. The molecule has 0 spiro atoms. The molecule has 0 saturated heterocycles. The molecule has 0 unspecified atom stereocenters. The van der Waals surface area contributed by atoms with Gasteiger partial charge in [-0.15, -0.1) is 13.2 Å². The van der Waals surface area contributed by atoms with Crippen molar-refractivity contribution >= 4 is 34.5 Å². The number of aliphatic carboxylic acids is 1. The van der Waals surface area contributed by atoms with E-state index < -0.39 is 12.3 Å². The lowest BCUT2D eigenvalue weighted by Crippen LogP contribution is -2.17. The van der Waals surface area contributed by atoms with E-state index >= 15 is 0 Å². The quantitative estimate of drug-likeness (QED) is 0.545. The Morgan fingerprint density at radius 1 is 1.24 bits per heavy atom. The fraction of sp³-hybridized carbons (Fsp3) is 0.200. The van der Waals surface area contributed by atoms with Gasteiger partial charge in [0.2, 0.25) is 0 Å². The number of fused-ring (bicyclic) bond motifs is 1. The molecule has 0 bridgehead atoms. The maximum atomic E-state index is 12.6. The SMILES string of the molecule is CCc1cc(Cl)ccc1Cn1nc(C=CC(=O)O)c2ccc(OC(F)(F)F)cc21. The third kappa shape index (κ3) is 5.08. The molecular weight excluding hydrogens is 409 g/mol. The molecule has 2 aromatic carbocycles. The zero-order valence-corrected chi connectivity index (χ0v) is 16.0. The number of benzene rings is 2. The molecule has 29 heavy (non-hydrogen) atoms. The molecule has 0 amide bonds. The summed E-state index contributed by atoms with van der Waals surface area (Å²) in [5, 5.41) is 14.4. The third-order valence-corrected chi connectivity index (χ3v) is 4.47. The summed E-state index contributed by atoms with van der Waals surface area (Å²) in [6.45, 7) is 2.24. The molecule has 0 saturated carbocycles. The van der Waals surface area contributed by atoms with E-state index in [4.69, 9.17) is 16.7 Å². The van der Waals surface area contributed by atoms with Crippen molar-refractivity contribution in [2.24, 2.45) is 0 Å². The second kappa shape index (κ2) is 8.16. The summed E-state index contributed by atoms with van der Waals surface area (Å²) in [4.78, 5) is 10.9. The van der Waals surface area contributed by atoms with Crippen LogP contribution in [0.15, 0.2) is 42.5 Å². The van der Waals surface area contributed by atoms with Gasteiger partial charge in [-0.1, -0.05) is 24.6 Å². The highest BCUT2D eigenvalue weighted by atomic mass is 35.5. The highest BCUT2D eigenvalue weighted by Crippen LogP contribution is 2.29. The van der Waals surface area contributed by atoms with Gasteiger partial charge in [-0.25, -0.2) is 4.79 Å². The Morgan fingerprint density at radius 2 is 2.00 bits per heavy atom. The van der Waals surface area contributed by atoms with E-state index in [1.807, 2.05) is 19.1 Å². The van der Waals surface area contributed by atoms with Crippen LogP contribution in [-0.2, 0) is 17.8 Å². The topological polar surface area (TPSA) is 64.4 Å². The molecule has 0 fully saturated rings. The normalized spacial score (nSPS) is 12.0. The number of halogens is 4. The largest absolute Gasteiger partial charge is 0.573 e. The van der Waals surface area contributed by atoms with Gasteiger partial charge in [-0.2, -0.15) is 5.10 Å². The summed E-state index contributed by atoms with van der Waals surface area (Å²) in [6.07, 6.45) is -1.89. The molecule has 3 rings (SSSR count). The van der Waals surface area contributed by atoms with Gasteiger partial charge in [0, 0.05) is 22.6 Å². The predicted octanol–water partition coefficient (Wildman–Crippen LogP) is 5.30. The van der Waals surface area contributed by atoms with Crippen LogP contribution in [0.25, 0.3) is 17.0 Å². The Hall–Kier alpha value is -3.00. The molecular formula is C20H16ClF3N2O3. The zero-order valence-electron chi connectivity index (χ0n) is 15.2. The van der Waals surface area contributed by atoms with Crippen molar-refractivity contribution in [1.82, 2.24) is 9.78 Å². The summed E-state index contributed by atoms with van der Waals surface area (Å²) in [5.41, 5.74) is 2.59. The Kier molecular flexibility index (Phi) is 5.83. The number of rotatable bonds is 6. The number of ether oxygens (including phenoxy) is 1. The first-order chi connectivity index (χ1) is 13.7. The molecule has 1 N–H and O–H groups in total. The van der Waals surface area contributed by atoms with E-state index in [0.717, 1.165) is 17.2 Å². The van der Waals surface area contributed by atoms with Crippen molar-refractivity contribution in [1.29, 1.82) is 0 Å². The fourth-order valence-corrected chi connectivity index (χ4v) is 3.20. The standard InChI is InChI=1S/C20H16ClF3N2O3/c1-2-12-9-14(21)4-3-13(12)11-26-18-10-15(29-20(22,23)24)5-6-16(18)17(25-26)7-8-19(27)28/h3-10H,2,11H2,1H3,(H,27,28). The fourth-order valence-electron chi connectivity index (χ4n) is 3.01. The van der Waals surface area contributed by atoms with Gasteiger partial charge >= 0.3 is 12.3 Å². The molecule has 0 radical (unpaired) electrons. The highest BCUT2D eigenvalue weighted by Gasteiger charge is 2.31. The van der Waals surface area contributed by atoms with Gasteiger partial charge in [0.05, 0.1) is 17.8 Å². The summed E-state index contributed by atoms with van der Waals surface area (Å²) >= 11 is 6.04. The number of hydrogen-bond donors (Lipinski definition) is 1. The number of carboxylic acid groups (broad SMARTS) is 1. The minimum Gasteiger partial charge on any atom is -0.478 e. The molecule has 0 aliphatic heterocycles. The second-order valence-electron chi connectivity index (χ2n) is 6.21. The summed E-state index contributed by atoms with van der Waals surface area (Å²) in [5.74, 6) is -1.54. The van der Waals surface area contributed by atoms with E-state index in [0.29, 0.717) is 28.0 Å². The van der Waals surface area contributed by atoms with Gasteiger partial charge in [-0.05, 0) is 47.9 Å². The molecule has 9 heteroatoms. The average molecular weight is 425 g/mol. The van der Waals surface area contributed by atoms with Crippen LogP contribution in [0.1, 0.15) is 23.7 Å². The monoisotopic (exact) mass is 424 g/mol. The van der Waals surface area contributed by atoms with E-state index in [2.05, 4.69) is 9.84 Å². The summed E-state index contributed by atoms with van der Waals surface area (Å²) in [7, 11) is 0. The van der Waals surface area contributed by atoms with E-state index in [-0.39, 0.29) is 12.3 Å². The van der Waals surface area contributed by atoms with E-state index in [9.17, 15) is 18.0 Å². The Morgan fingerprint density at radius 3 is 2.66 bits per heavy atom. The van der Waals surface area contributed by atoms with Crippen molar-refractivity contribution < 1.29 is 27.8 Å². The molecule has 0 aliphatic carbocycles. The van der Waals surface area contributed by atoms with Crippen molar-refractivity contribution in [3.63, 3.8) is 0 Å². The van der Waals surface area contributed by atoms with Crippen LogP contribution in [0.2, 0.25) is 5.02 Å². The summed E-state index contributed by atoms with van der Waals surface area (Å²) < 4.78 is 43.3. The maximum absolute atomic E-state index is 12.6. The zero-order chi connectivity index (χ0) is 21.2. The highest BCUT2D eigenvalue weighted by molar-refractivity contribution is 6.30. The van der Waals surface area contributed by atoms with Crippen LogP contribution in [0, 0.1) is 0 Å². The number of aryl methyl sites for hydroxylation is 1. The maximum Gasteiger partial charge on any atom is 0.573 e.